The summed E-state index contributed by atoms with van der Waals surface area (Å²) in [7, 11) is 0. The van der Waals surface area contributed by atoms with Crippen molar-refractivity contribution in [1.82, 2.24) is 0 Å². The third kappa shape index (κ3) is 10.7. The summed E-state index contributed by atoms with van der Waals surface area (Å²) in [5.74, 6) is 1.17. The molecule has 0 aliphatic rings. The smallest absolute Gasteiger partial charge is 0.305 e. The minimum absolute atomic E-state index is 0.00859. The van der Waals surface area contributed by atoms with Crippen LogP contribution in [-0.4, -0.2) is 17.7 Å². The summed E-state index contributed by atoms with van der Waals surface area (Å²) in [5.41, 5.74) is 2.03. The van der Waals surface area contributed by atoms with Crippen LogP contribution >= 0.6 is 0 Å². The number of esters is 1. The predicted octanol–water partition coefficient (Wildman–Crippen LogP) is 7.14. The Morgan fingerprint density at radius 2 is 1.46 bits per heavy atom. The number of ether oxygens (including phenoxy) is 1. The van der Waals surface area contributed by atoms with Gasteiger partial charge >= 0.3 is 5.97 Å². The van der Waals surface area contributed by atoms with E-state index in [1.165, 1.54) is 19.3 Å². The number of rotatable bonds is 7. The molecule has 0 saturated heterocycles. The Bertz CT molecular complexity index is 542. The zero-order valence-corrected chi connectivity index (χ0v) is 19.8. The predicted molar refractivity (Wildman–Crippen MR) is 120 cm³/mol. The first kappa shape index (κ1) is 26.5. The van der Waals surface area contributed by atoms with Crippen molar-refractivity contribution in [3.8, 4) is 5.75 Å². The van der Waals surface area contributed by atoms with Crippen molar-refractivity contribution in [2.24, 2.45) is 5.92 Å². The van der Waals surface area contributed by atoms with E-state index >= 15 is 0 Å². The van der Waals surface area contributed by atoms with E-state index in [1.807, 2.05) is 25.1 Å². The molecule has 1 N–H and O–H groups in total. The van der Waals surface area contributed by atoms with E-state index in [2.05, 4.69) is 55.4 Å². The lowest BCUT2D eigenvalue weighted by Crippen LogP contribution is -2.16. The molecular weight excluding hydrogens is 348 g/mol. The Kier molecular flexibility index (Phi) is 11.5. The van der Waals surface area contributed by atoms with Crippen molar-refractivity contribution in [2.45, 2.75) is 105 Å². The van der Waals surface area contributed by atoms with E-state index in [9.17, 15) is 9.90 Å². The Morgan fingerprint density at radius 3 is 1.86 bits per heavy atom. The molecule has 1 rings (SSSR count). The van der Waals surface area contributed by atoms with Crippen LogP contribution in [0.5, 0.6) is 5.75 Å². The average Bonchev–Trinajstić information content (AvgIpc) is 2.56. The highest BCUT2D eigenvalue weighted by atomic mass is 16.5. The number of aromatic hydroxyl groups is 1. The molecule has 0 atom stereocenters. The lowest BCUT2D eigenvalue weighted by molar-refractivity contribution is -0.143. The van der Waals surface area contributed by atoms with Crippen LogP contribution in [0.1, 0.15) is 106 Å². The number of phenols is 1. The molecule has 28 heavy (non-hydrogen) atoms. The molecule has 0 aromatic heterocycles. The van der Waals surface area contributed by atoms with Crippen LogP contribution in [0.25, 0.3) is 0 Å². The summed E-state index contributed by atoms with van der Waals surface area (Å²) < 4.78 is 4.96. The van der Waals surface area contributed by atoms with Crippen LogP contribution in [0, 0.1) is 5.92 Å². The SMILES string of the molecule is CC(C)(C)c1cccc(C(C)(C)C)c1O.CCC(=O)OCCCCCC(C)C. The van der Waals surface area contributed by atoms with E-state index in [0.717, 1.165) is 23.5 Å². The average molecular weight is 393 g/mol. The normalized spacial score (nSPS) is 11.8. The molecule has 3 nitrogen and oxygen atoms in total. The Balaban J connectivity index is 0.000000528. The zero-order valence-electron chi connectivity index (χ0n) is 19.8. The fraction of sp³-hybridized carbons (Fsp3) is 0.720. The highest BCUT2D eigenvalue weighted by Gasteiger charge is 2.24. The number of hydrogen-bond donors (Lipinski definition) is 1. The second kappa shape index (κ2) is 12.1. The molecule has 1 aromatic carbocycles. The van der Waals surface area contributed by atoms with E-state index in [0.29, 0.717) is 18.8 Å². The highest BCUT2D eigenvalue weighted by Crippen LogP contribution is 2.38. The van der Waals surface area contributed by atoms with Crippen molar-refractivity contribution in [3.05, 3.63) is 29.3 Å². The summed E-state index contributed by atoms with van der Waals surface area (Å²) in [4.78, 5) is 10.7. The van der Waals surface area contributed by atoms with Crippen LogP contribution < -0.4 is 0 Å². The van der Waals surface area contributed by atoms with Gasteiger partial charge in [-0.3, -0.25) is 4.79 Å². The maximum Gasteiger partial charge on any atom is 0.305 e. The standard InChI is InChI=1S/C14H22O.C11H22O2/c1-13(2,3)10-8-7-9-11(12(10)15)14(4,5)6;1-4-11(12)13-9-7-5-6-8-10(2)3/h7-9,15H,1-6H3;10H,4-9H2,1-3H3. The molecule has 0 fully saturated rings. The molecule has 0 heterocycles. The first-order chi connectivity index (χ1) is 12.8. The number of benzene rings is 1. The molecule has 0 amide bonds. The number of carbonyl (C=O) groups is 1. The van der Waals surface area contributed by atoms with Gasteiger partial charge in [0.1, 0.15) is 5.75 Å². The first-order valence-corrected chi connectivity index (χ1v) is 10.8. The monoisotopic (exact) mass is 392 g/mol. The highest BCUT2D eigenvalue weighted by molar-refractivity contribution is 5.68. The van der Waals surface area contributed by atoms with Gasteiger partial charge in [-0.1, -0.05) is 99.8 Å². The van der Waals surface area contributed by atoms with Gasteiger partial charge in [-0.25, -0.2) is 0 Å². The van der Waals surface area contributed by atoms with Gasteiger partial charge in [0.15, 0.2) is 0 Å². The second-order valence-corrected chi connectivity index (χ2v) is 10.0. The van der Waals surface area contributed by atoms with Crippen LogP contribution in [0.15, 0.2) is 18.2 Å². The van der Waals surface area contributed by atoms with Crippen LogP contribution in [0.2, 0.25) is 0 Å². The first-order valence-electron chi connectivity index (χ1n) is 10.8. The Labute approximate surface area is 173 Å². The topological polar surface area (TPSA) is 46.5 Å². The number of hydrogen-bond acceptors (Lipinski definition) is 3. The molecule has 162 valence electrons. The van der Waals surface area contributed by atoms with E-state index < -0.39 is 0 Å². The Morgan fingerprint density at radius 1 is 0.964 bits per heavy atom. The zero-order chi connectivity index (χ0) is 22.0. The third-order valence-electron chi connectivity index (χ3n) is 4.63. The van der Waals surface area contributed by atoms with E-state index in [4.69, 9.17) is 4.74 Å². The van der Waals surface area contributed by atoms with Crippen LogP contribution in [0.3, 0.4) is 0 Å². The summed E-state index contributed by atoms with van der Waals surface area (Å²) >= 11 is 0. The summed E-state index contributed by atoms with van der Waals surface area (Å²) in [6.45, 7) is 19.6. The van der Waals surface area contributed by atoms with Gasteiger partial charge in [-0.05, 0) is 34.3 Å². The molecule has 0 saturated carbocycles. The molecule has 0 unspecified atom stereocenters. The van der Waals surface area contributed by atoms with Gasteiger partial charge in [0.2, 0.25) is 0 Å². The van der Waals surface area contributed by atoms with Gasteiger partial charge in [-0.15, -0.1) is 0 Å². The van der Waals surface area contributed by atoms with Crippen molar-refractivity contribution in [2.75, 3.05) is 6.61 Å². The molecule has 0 radical (unpaired) electrons. The molecule has 3 heteroatoms. The number of para-hydroxylation sites is 1. The minimum Gasteiger partial charge on any atom is -0.507 e. The molecule has 0 aliphatic carbocycles. The van der Waals surface area contributed by atoms with Gasteiger partial charge in [0, 0.05) is 6.42 Å². The number of unbranched alkanes of at least 4 members (excludes halogenated alkanes) is 2. The molecule has 0 aliphatic heterocycles. The van der Waals surface area contributed by atoms with Crippen LogP contribution in [-0.2, 0) is 20.4 Å². The van der Waals surface area contributed by atoms with E-state index in [1.54, 1.807) is 0 Å². The van der Waals surface area contributed by atoms with Crippen molar-refractivity contribution in [3.63, 3.8) is 0 Å². The fourth-order valence-electron chi connectivity index (χ4n) is 2.87. The molecule has 0 spiro atoms. The molecule has 1 aromatic rings. The van der Waals surface area contributed by atoms with Crippen molar-refractivity contribution in [1.29, 1.82) is 0 Å². The summed E-state index contributed by atoms with van der Waals surface area (Å²) in [6, 6.07) is 6.04. The summed E-state index contributed by atoms with van der Waals surface area (Å²) in [5, 5.41) is 10.3. The Hall–Kier alpha value is -1.51. The number of carbonyl (C=O) groups excluding carboxylic acids is 1. The van der Waals surface area contributed by atoms with Crippen molar-refractivity contribution < 1.29 is 14.6 Å². The van der Waals surface area contributed by atoms with Gasteiger partial charge in [0.25, 0.3) is 0 Å². The maximum absolute atomic E-state index is 10.7. The van der Waals surface area contributed by atoms with Crippen LogP contribution in [0.4, 0.5) is 0 Å². The lowest BCUT2D eigenvalue weighted by atomic mass is 9.80. The van der Waals surface area contributed by atoms with Gasteiger partial charge < -0.3 is 9.84 Å². The van der Waals surface area contributed by atoms with Gasteiger partial charge in [-0.2, -0.15) is 0 Å². The molecular formula is C25H44O3. The fourth-order valence-corrected chi connectivity index (χ4v) is 2.87. The molecule has 0 bridgehead atoms. The third-order valence-corrected chi connectivity index (χ3v) is 4.63. The number of phenolic OH excluding ortho intramolecular Hbond substituents is 1. The van der Waals surface area contributed by atoms with Crippen molar-refractivity contribution >= 4 is 5.97 Å². The lowest BCUT2D eigenvalue weighted by Gasteiger charge is -2.26. The largest absolute Gasteiger partial charge is 0.507 e. The second-order valence-electron chi connectivity index (χ2n) is 10.0. The summed E-state index contributed by atoms with van der Waals surface area (Å²) in [6.07, 6.45) is 5.21. The minimum atomic E-state index is -0.0798. The maximum atomic E-state index is 10.7. The van der Waals surface area contributed by atoms with E-state index in [-0.39, 0.29) is 16.8 Å². The quantitative estimate of drug-likeness (QED) is 0.396. The van der Waals surface area contributed by atoms with Gasteiger partial charge in [0.05, 0.1) is 6.61 Å².